The second-order valence-electron chi connectivity index (χ2n) is 5.01. The average molecular weight is 272 g/mol. The smallest absolute Gasteiger partial charge is 0.123 e. The van der Waals surface area contributed by atoms with Crippen molar-refractivity contribution in [2.45, 2.75) is 18.9 Å². The summed E-state index contributed by atoms with van der Waals surface area (Å²) in [7, 11) is 0. The van der Waals surface area contributed by atoms with Crippen molar-refractivity contribution in [1.82, 2.24) is 10.3 Å². The van der Waals surface area contributed by atoms with E-state index in [-0.39, 0.29) is 11.9 Å². The van der Waals surface area contributed by atoms with Gasteiger partial charge in [-0.25, -0.2) is 4.39 Å². The largest absolute Gasteiger partial charge is 0.488 e. The highest BCUT2D eigenvalue weighted by atomic mass is 19.1. The molecular weight excluding hydrogens is 255 g/mol. The van der Waals surface area contributed by atoms with E-state index in [1.165, 1.54) is 11.6 Å². The van der Waals surface area contributed by atoms with Gasteiger partial charge in [0.1, 0.15) is 17.7 Å². The van der Waals surface area contributed by atoms with Gasteiger partial charge in [-0.2, -0.15) is 0 Å². The fourth-order valence-electron chi connectivity index (χ4n) is 2.45. The van der Waals surface area contributed by atoms with Crippen molar-refractivity contribution < 1.29 is 9.13 Å². The summed E-state index contributed by atoms with van der Waals surface area (Å²) in [5, 5.41) is 3.39. The molecule has 0 aliphatic carbocycles. The van der Waals surface area contributed by atoms with Crippen molar-refractivity contribution >= 4 is 0 Å². The van der Waals surface area contributed by atoms with Crippen LogP contribution in [0.15, 0.2) is 42.7 Å². The minimum absolute atomic E-state index is 0.101. The Balaban J connectivity index is 1.43. The van der Waals surface area contributed by atoms with Crippen molar-refractivity contribution in [2.75, 3.05) is 13.1 Å². The van der Waals surface area contributed by atoms with Gasteiger partial charge in [0.25, 0.3) is 0 Å². The second-order valence-corrected chi connectivity index (χ2v) is 5.01. The lowest BCUT2D eigenvalue weighted by molar-refractivity contribution is 0.228. The number of nitrogens with one attached hydrogen (secondary N) is 1. The molecule has 2 aromatic rings. The minimum atomic E-state index is -0.196. The maximum absolute atomic E-state index is 13.1. The predicted octanol–water partition coefficient (Wildman–Crippen LogP) is 2.36. The Morgan fingerprint density at radius 1 is 1.25 bits per heavy atom. The summed E-state index contributed by atoms with van der Waals surface area (Å²) in [4.78, 5) is 4.00. The fraction of sp³-hybridized carbons (Fsp3) is 0.312. The second kappa shape index (κ2) is 6.01. The molecule has 4 heteroatoms. The van der Waals surface area contributed by atoms with Crippen LogP contribution >= 0.6 is 0 Å². The summed E-state index contributed by atoms with van der Waals surface area (Å²) in [6, 6.07) is 8.75. The zero-order valence-corrected chi connectivity index (χ0v) is 11.2. The quantitative estimate of drug-likeness (QED) is 0.848. The van der Waals surface area contributed by atoms with E-state index >= 15 is 0 Å². The molecule has 0 fully saturated rings. The molecule has 3 rings (SSSR count). The van der Waals surface area contributed by atoms with Crippen LogP contribution in [0.2, 0.25) is 0 Å². The van der Waals surface area contributed by atoms with Crippen molar-refractivity contribution in [3.63, 3.8) is 0 Å². The summed E-state index contributed by atoms with van der Waals surface area (Å²) >= 11 is 0. The van der Waals surface area contributed by atoms with E-state index in [2.05, 4.69) is 10.3 Å². The van der Waals surface area contributed by atoms with Crippen LogP contribution in [0.25, 0.3) is 0 Å². The van der Waals surface area contributed by atoms with Crippen LogP contribution in [-0.4, -0.2) is 24.2 Å². The molecule has 20 heavy (non-hydrogen) atoms. The molecule has 1 aliphatic heterocycles. The van der Waals surface area contributed by atoms with Gasteiger partial charge < -0.3 is 10.1 Å². The Hall–Kier alpha value is -1.94. The topological polar surface area (TPSA) is 34.2 Å². The molecular formula is C16H17FN2O. The van der Waals surface area contributed by atoms with Crippen LogP contribution < -0.4 is 10.1 Å². The molecule has 0 bridgehead atoms. The molecule has 1 atom stereocenters. The highest BCUT2D eigenvalue weighted by Gasteiger charge is 2.22. The summed E-state index contributed by atoms with van der Waals surface area (Å²) in [6.45, 7) is 1.68. The maximum atomic E-state index is 13.1. The van der Waals surface area contributed by atoms with Crippen molar-refractivity contribution in [2.24, 2.45) is 0 Å². The van der Waals surface area contributed by atoms with Gasteiger partial charge in [-0.15, -0.1) is 0 Å². The molecule has 1 aromatic carbocycles. The number of hydrogen-bond donors (Lipinski definition) is 1. The maximum Gasteiger partial charge on any atom is 0.123 e. The molecule has 0 spiro atoms. The number of rotatable bonds is 5. The number of hydrogen-bond acceptors (Lipinski definition) is 3. The van der Waals surface area contributed by atoms with Gasteiger partial charge in [-0.05, 0) is 48.9 Å². The van der Waals surface area contributed by atoms with E-state index < -0.39 is 0 Å². The van der Waals surface area contributed by atoms with Gasteiger partial charge in [-0.1, -0.05) is 0 Å². The summed E-state index contributed by atoms with van der Waals surface area (Å²) in [5.41, 5.74) is 2.23. The van der Waals surface area contributed by atoms with Crippen LogP contribution in [-0.2, 0) is 12.8 Å². The highest BCUT2D eigenvalue weighted by molar-refractivity contribution is 5.37. The van der Waals surface area contributed by atoms with Gasteiger partial charge in [0, 0.05) is 30.9 Å². The normalized spacial score (nSPS) is 16.8. The number of fused-ring (bicyclic) bond motifs is 1. The molecule has 1 aromatic heterocycles. The standard InChI is InChI=1S/C16H17FN2O/c17-14-1-2-16-13(9-14)10-15(20-16)11-19-8-5-12-3-6-18-7-4-12/h1-4,6-7,9,15,19H,5,8,10-11H2. The molecule has 0 radical (unpaired) electrons. The lowest BCUT2D eigenvalue weighted by atomic mass is 10.1. The van der Waals surface area contributed by atoms with Crippen LogP contribution in [0.5, 0.6) is 5.75 Å². The SMILES string of the molecule is Fc1ccc2c(c1)CC(CNCCc1ccncc1)O2. The number of pyridine rings is 1. The molecule has 3 nitrogen and oxygen atoms in total. The Morgan fingerprint density at radius 3 is 2.95 bits per heavy atom. The zero-order valence-electron chi connectivity index (χ0n) is 11.2. The Kier molecular flexibility index (Phi) is 3.92. The Bertz CT molecular complexity index is 574. The van der Waals surface area contributed by atoms with Gasteiger partial charge in [-0.3, -0.25) is 4.98 Å². The lowest BCUT2D eigenvalue weighted by Gasteiger charge is -2.11. The van der Waals surface area contributed by atoms with E-state index in [9.17, 15) is 4.39 Å². The van der Waals surface area contributed by atoms with E-state index in [1.807, 2.05) is 12.1 Å². The third kappa shape index (κ3) is 3.14. The summed E-state index contributed by atoms with van der Waals surface area (Å²) in [5.74, 6) is 0.617. The molecule has 1 unspecified atom stereocenters. The van der Waals surface area contributed by atoms with Crippen LogP contribution in [0.4, 0.5) is 4.39 Å². The molecule has 0 amide bonds. The molecule has 1 aliphatic rings. The number of aromatic nitrogens is 1. The third-order valence-corrected chi connectivity index (χ3v) is 3.48. The van der Waals surface area contributed by atoms with Gasteiger partial charge in [0.2, 0.25) is 0 Å². The first kappa shape index (κ1) is 13.1. The fourth-order valence-corrected chi connectivity index (χ4v) is 2.45. The van der Waals surface area contributed by atoms with Gasteiger partial charge >= 0.3 is 0 Å². The number of halogens is 1. The van der Waals surface area contributed by atoms with Crippen LogP contribution in [0, 0.1) is 5.82 Å². The lowest BCUT2D eigenvalue weighted by Crippen LogP contribution is -2.31. The molecule has 1 N–H and O–H groups in total. The minimum Gasteiger partial charge on any atom is -0.488 e. The zero-order chi connectivity index (χ0) is 13.8. The first-order valence-electron chi connectivity index (χ1n) is 6.86. The van der Waals surface area contributed by atoms with Gasteiger partial charge in [0.05, 0.1) is 0 Å². The van der Waals surface area contributed by atoms with E-state index in [1.54, 1.807) is 24.5 Å². The number of benzene rings is 1. The molecule has 0 saturated heterocycles. The van der Waals surface area contributed by atoms with Gasteiger partial charge in [0.15, 0.2) is 0 Å². The van der Waals surface area contributed by atoms with Crippen LogP contribution in [0.3, 0.4) is 0 Å². The third-order valence-electron chi connectivity index (χ3n) is 3.48. The van der Waals surface area contributed by atoms with E-state index in [0.29, 0.717) is 0 Å². The number of nitrogens with zero attached hydrogens (tertiary/aromatic N) is 1. The van der Waals surface area contributed by atoms with Crippen molar-refractivity contribution in [1.29, 1.82) is 0 Å². The monoisotopic (exact) mass is 272 g/mol. The molecule has 0 saturated carbocycles. The average Bonchev–Trinajstić information content (AvgIpc) is 2.86. The Morgan fingerprint density at radius 2 is 2.10 bits per heavy atom. The van der Waals surface area contributed by atoms with E-state index in [4.69, 9.17) is 4.74 Å². The predicted molar refractivity (Wildman–Crippen MR) is 75.3 cm³/mol. The molecule has 104 valence electrons. The van der Waals surface area contributed by atoms with Crippen LogP contribution in [0.1, 0.15) is 11.1 Å². The highest BCUT2D eigenvalue weighted by Crippen LogP contribution is 2.28. The molecule has 2 heterocycles. The summed E-state index contributed by atoms with van der Waals surface area (Å²) in [6.07, 6.45) is 5.46. The first-order chi connectivity index (χ1) is 9.81. The Labute approximate surface area is 117 Å². The first-order valence-corrected chi connectivity index (χ1v) is 6.86. The number of ether oxygens (including phenoxy) is 1. The van der Waals surface area contributed by atoms with Crippen molar-refractivity contribution in [3.05, 3.63) is 59.7 Å². The van der Waals surface area contributed by atoms with Crippen molar-refractivity contribution in [3.8, 4) is 5.75 Å². The summed E-state index contributed by atoms with van der Waals surface area (Å²) < 4.78 is 18.9. The van der Waals surface area contributed by atoms with E-state index in [0.717, 1.165) is 37.2 Å².